The van der Waals surface area contributed by atoms with Crippen molar-refractivity contribution in [3.63, 3.8) is 0 Å². The third-order valence-corrected chi connectivity index (χ3v) is 66.3. The fourth-order valence-corrected chi connectivity index (χ4v) is 110. The van der Waals surface area contributed by atoms with E-state index in [-0.39, 0.29) is 0 Å². The van der Waals surface area contributed by atoms with Gasteiger partial charge in [-0.2, -0.15) is 0 Å². The van der Waals surface area contributed by atoms with Crippen molar-refractivity contribution in [2.75, 3.05) is 0 Å². The number of rotatable bonds is 1. The molecule has 0 radical (unpaired) electrons. The minimum absolute atomic E-state index is 1.01. The SMILES string of the molecule is C=C[C]12[CH]3[CH]4[CH]5[CH]1[Cr]45321678[CH]2[CH]1[CH]6[CH]7[CH]28. The quantitative estimate of drug-likeness (QED) is 0.573. The molecule has 10 rings (SSSR count). The first-order chi connectivity index (χ1) is 6.11. The number of allylic oxidation sites excluding steroid dienone is 1. The van der Waals surface area contributed by atoms with Gasteiger partial charge in [-0.1, -0.05) is 0 Å². The van der Waals surface area contributed by atoms with E-state index < -0.39 is 6.65 Å². The van der Waals surface area contributed by atoms with Crippen molar-refractivity contribution in [2.45, 2.75) is 47.3 Å². The summed E-state index contributed by atoms with van der Waals surface area (Å²) in [5.74, 6) is 0. The monoisotopic (exact) mass is 208 g/mol. The first-order valence-electron chi connectivity index (χ1n) is 6.27. The van der Waals surface area contributed by atoms with E-state index in [4.69, 9.17) is 0 Å². The summed E-state index contributed by atoms with van der Waals surface area (Å²) < 4.78 is 14.4. The second-order valence-electron chi connectivity index (χ2n) is 11.1. The Morgan fingerprint density at radius 2 is 1.31 bits per heavy atom. The van der Waals surface area contributed by atoms with Crippen molar-refractivity contribution in [3.8, 4) is 0 Å². The first-order valence-corrected chi connectivity index (χ1v) is 13.5. The maximum absolute atomic E-state index is 4.29. The topological polar surface area (TPSA) is 0 Å². The van der Waals surface area contributed by atoms with Gasteiger partial charge in [-0.05, 0) is 0 Å². The van der Waals surface area contributed by atoms with Crippen LogP contribution in [0, 0.1) is 0 Å². The average Bonchev–Trinajstić information content (AvgIpc) is 3.12. The van der Waals surface area contributed by atoms with E-state index in [1.54, 1.807) is 0 Å². The van der Waals surface area contributed by atoms with Crippen LogP contribution in [0.1, 0.15) is 0 Å². The molecule has 4 unspecified atom stereocenters. The van der Waals surface area contributed by atoms with E-state index >= 15 is 0 Å². The van der Waals surface area contributed by atoms with E-state index in [0.717, 1.165) is 4.28 Å². The van der Waals surface area contributed by atoms with Crippen molar-refractivity contribution in [1.29, 1.82) is 0 Å². The molecule has 1 spiro atoms. The summed E-state index contributed by atoms with van der Waals surface area (Å²) in [4.78, 5) is 0. The predicted molar refractivity (Wildman–Crippen MR) is 46.6 cm³/mol. The standard InChI is InChI=1S/C7H7.C5H5.Cr/c1-2-7-5-3-4-6-7;1-2-4-5-3-1;/h2-6H,1H2;1-5H;. The van der Waals surface area contributed by atoms with Gasteiger partial charge in [-0.15, -0.1) is 0 Å². The van der Waals surface area contributed by atoms with Crippen molar-refractivity contribution in [1.82, 2.24) is 0 Å². The Labute approximate surface area is 66.8 Å². The molecule has 10 saturated heterocycles. The van der Waals surface area contributed by atoms with E-state index in [1.807, 2.05) is 0 Å². The summed E-state index contributed by atoms with van der Waals surface area (Å²) in [6.45, 7) is 1.49. The first kappa shape index (κ1) is 4.03. The van der Waals surface area contributed by atoms with Gasteiger partial charge >= 0.3 is 66.6 Å². The van der Waals surface area contributed by atoms with Gasteiger partial charge in [-0.25, -0.2) is 0 Å². The Morgan fingerprint density at radius 3 is 1.38 bits per heavy atom. The molecule has 0 bridgehead atoms. The van der Waals surface area contributed by atoms with E-state index in [2.05, 4.69) is 12.7 Å². The van der Waals surface area contributed by atoms with E-state index in [9.17, 15) is 0 Å². The van der Waals surface area contributed by atoms with Gasteiger partial charge < -0.3 is 0 Å². The molecule has 10 aliphatic rings. The molecule has 0 amide bonds. The molecule has 10 aliphatic heterocycles. The fraction of sp³-hybridized carbons (Fsp3) is 0.833. The van der Waals surface area contributed by atoms with Gasteiger partial charge in [0.05, 0.1) is 0 Å². The van der Waals surface area contributed by atoms with Crippen molar-refractivity contribution in [3.05, 3.63) is 12.7 Å². The number of fused-ring (bicyclic) bond motifs is 10. The third kappa shape index (κ3) is 0.0277. The maximum atomic E-state index is 4.29. The van der Waals surface area contributed by atoms with Crippen molar-refractivity contribution >= 4 is 0 Å². The molecule has 10 heterocycles. The summed E-state index contributed by atoms with van der Waals surface area (Å²) in [5, 5.41) is 0. The molecule has 1 heteroatoms. The molecule has 13 heavy (non-hydrogen) atoms. The van der Waals surface area contributed by atoms with Crippen LogP contribution in [0.5, 0.6) is 0 Å². The molecule has 10 fully saturated rings. The average molecular weight is 208 g/mol. The van der Waals surface area contributed by atoms with Crippen LogP contribution in [0.3, 0.4) is 0 Å². The molecule has 66 valence electrons. The van der Waals surface area contributed by atoms with Crippen LogP contribution in [-0.2, 0) is 6.65 Å². The Kier molecular flexibility index (Phi) is 0.0769. The summed E-state index contributed by atoms with van der Waals surface area (Å²) >= 11 is 0. The summed E-state index contributed by atoms with van der Waals surface area (Å²) in [5.41, 5.74) is 0. The van der Waals surface area contributed by atoms with Gasteiger partial charge in [0, 0.05) is 0 Å². The molecule has 4 atom stereocenters. The molecule has 0 aromatic heterocycles. The molecule has 0 nitrogen and oxygen atoms in total. The van der Waals surface area contributed by atoms with Gasteiger partial charge in [0.1, 0.15) is 0 Å². The van der Waals surface area contributed by atoms with E-state index in [1.165, 1.54) is 43.0 Å². The second-order valence-corrected chi connectivity index (χ2v) is 38.4. The van der Waals surface area contributed by atoms with Crippen LogP contribution in [0.2, 0.25) is 47.3 Å². The Morgan fingerprint density at radius 1 is 0.846 bits per heavy atom. The van der Waals surface area contributed by atoms with Gasteiger partial charge in [0.2, 0.25) is 0 Å². The van der Waals surface area contributed by atoms with Gasteiger partial charge in [0.15, 0.2) is 0 Å². The number of hydrogen-bond acceptors (Lipinski definition) is 0. The molecular weight excluding hydrogens is 196 g/mol. The summed E-state index contributed by atoms with van der Waals surface area (Å²) in [6.07, 6.45) is 2.57. The molecule has 0 aromatic carbocycles. The van der Waals surface area contributed by atoms with E-state index in [0.29, 0.717) is 0 Å². The summed E-state index contributed by atoms with van der Waals surface area (Å²) in [6, 6.07) is 0. The predicted octanol–water partition coefficient (Wildman–Crippen LogP) is 3.93. The van der Waals surface area contributed by atoms with Crippen molar-refractivity contribution < 1.29 is 6.65 Å². The summed E-state index contributed by atoms with van der Waals surface area (Å²) in [7, 11) is 0. The zero-order valence-corrected chi connectivity index (χ0v) is 8.66. The van der Waals surface area contributed by atoms with Crippen LogP contribution in [-0.4, -0.2) is 0 Å². The molecule has 0 aliphatic carbocycles. The van der Waals surface area contributed by atoms with Crippen LogP contribution in [0.25, 0.3) is 0 Å². The molecule has 0 N–H and O–H groups in total. The molecule has 0 saturated carbocycles. The molecular formula is C12H12Cr. The Hall–Kier alpha value is 0.272. The zero-order chi connectivity index (χ0) is 7.72. The van der Waals surface area contributed by atoms with Crippen LogP contribution >= 0.6 is 0 Å². The number of hydrogen-bond donors (Lipinski definition) is 0. The Balaban J connectivity index is 2.14. The normalized spacial score (nSPS) is 152. The second kappa shape index (κ2) is 0.248. The van der Waals surface area contributed by atoms with Crippen LogP contribution < -0.4 is 0 Å². The van der Waals surface area contributed by atoms with Gasteiger partial charge in [-0.3, -0.25) is 0 Å². The van der Waals surface area contributed by atoms with Gasteiger partial charge in [0.25, 0.3) is 0 Å². The van der Waals surface area contributed by atoms with Crippen molar-refractivity contribution in [2.24, 2.45) is 0 Å². The third-order valence-electron chi connectivity index (χ3n) is 17.2. The fourth-order valence-electron chi connectivity index (χ4n) is 19.7. The van der Waals surface area contributed by atoms with Crippen LogP contribution in [0.4, 0.5) is 0 Å². The zero-order valence-electron chi connectivity index (χ0n) is 7.39. The molecule has 0 aromatic rings. The Bertz CT molecular complexity index is 794. The van der Waals surface area contributed by atoms with Crippen LogP contribution in [0.15, 0.2) is 12.7 Å². The minimum atomic E-state index is -2.80.